The van der Waals surface area contributed by atoms with Gasteiger partial charge in [0.25, 0.3) is 0 Å². The fourth-order valence-electron chi connectivity index (χ4n) is 6.62. The Morgan fingerprint density at radius 2 is 1.40 bits per heavy atom. The second-order valence-corrected chi connectivity index (χ2v) is 14.0. The van der Waals surface area contributed by atoms with Gasteiger partial charge >= 0.3 is 6.09 Å². The summed E-state index contributed by atoms with van der Waals surface area (Å²) in [5.74, 6) is -1.08. The molecule has 3 N–H and O–H groups in total. The standard InChI is InChI=1S/C40H50N4O6/c1-28(45)22-23-36(46)43-27-32-20-12-11-19-31(32)25-35(43)38(48)41-24-14-13-21-34(44(39(49)50)40(2,3)4)37(47)42-26-33(29-15-7-5-8-16-29)30-17-9-6-10-18-30/h5-12,15-20,33-35H,13-14,21-27H2,1-4H3,(H,41,48)(H,42,47)(H,49,50). The van der Waals surface area contributed by atoms with Gasteiger partial charge in [-0.1, -0.05) is 84.9 Å². The van der Waals surface area contributed by atoms with Crippen LogP contribution < -0.4 is 10.6 Å². The summed E-state index contributed by atoms with van der Waals surface area (Å²) in [6.07, 6.45) is 0.623. The van der Waals surface area contributed by atoms with Crippen LogP contribution in [-0.2, 0) is 32.1 Å². The van der Waals surface area contributed by atoms with Crippen molar-refractivity contribution in [2.24, 2.45) is 0 Å². The fraction of sp³-hybridized carbons (Fsp3) is 0.425. The molecule has 3 aromatic rings. The smallest absolute Gasteiger partial charge is 0.408 e. The summed E-state index contributed by atoms with van der Waals surface area (Å²) in [5.41, 5.74) is 3.24. The van der Waals surface area contributed by atoms with E-state index >= 15 is 0 Å². The maximum atomic E-state index is 13.8. The number of nitrogens with one attached hydrogen (secondary N) is 2. The number of amides is 4. The summed E-state index contributed by atoms with van der Waals surface area (Å²) in [7, 11) is 0. The third-order valence-electron chi connectivity index (χ3n) is 9.19. The molecule has 0 aliphatic carbocycles. The van der Waals surface area contributed by atoms with Gasteiger partial charge in [0, 0.05) is 50.4 Å². The van der Waals surface area contributed by atoms with Crippen molar-refractivity contribution in [3.05, 3.63) is 107 Å². The second-order valence-electron chi connectivity index (χ2n) is 14.0. The summed E-state index contributed by atoms with van der Waals surface area (Å²) in [5, 5.41) is 16.2. The minimum Gasteiger partial charge on any atom is -0.465 e. The molecule has 0 fully saturated rings. The highest BCUT2D eigenvalue weighted by Gasteiger charge is 2.38. The zero-order valence-corrected chi connectivity index (χ0v) is 29.6. The molecule has 0 saturated heterocycles. The van der Waals surface area contributed by atoms with Crippen molar-refractivity contribution in [2.45, 2.75) is 96.3 Å². The third-order valence-corrected chi connectivity index (χ3v) is 9.19. The van der Waals surface area contributed by atoms with E-state index in [1.54, 1.807) is 25.7 Å². The Labute approximate surface area is 295 Å². The van der Waals surface area contributed by atoms with Crippen molar-refractivity contribution in [2.75, 3.05) is 13.1 Å². The van der Waals surface area contributed by atoms with Gasteiger partial charge in [-0.05, 0) is 69.2 Å². The lowest BCUT2D eigenvalue weighted by molar-refractivity contribution is -0.142. The van der Waals surface area contributed by atoms with E-state index in [0.29, 0.717) is 38.9 Å². The average Bonchev–Trinajstić information content (AvgIpc) is 3.09. The molecule has 50 heavy (non-hydrogen) atoms. The molecular formula is C40H50N4O6. The molecule has 4 rings (SSSR count). The summed E-state index contributed by atoms with van der Waals surface area (Å²) in [4.78, 5) is 67.2. The van der Waals surface area contributed by atoms with E-state index in [1.165, 1.54) is 11.8 Å². The minimum absolute atomic E-state index is 0.0516. The van der Waals surface area contributed by atoms with E-state index in [-0.39, 0.29) is 48.7 Å². The van der Waals surface area contributed by atoms with E-state index in [4.69, 9.17) is 0 Å². The predicted molar refractivity (Wildman–Crippen MR) is 192 cm³/mol. The number of ketones is 1. The number of unbranched alkanes of at least 4 members (excludes halogenated alkanes) is 1. The molecule has 2 atom stereocenters. The van der Waals surface area contributed by atoms with Crippen molar-refractivity contribution >= 4 is 29.6 Å². The molecule has 0 saturated carbocycles. The number of hydrogen-bond acceptors (Lipinski definition) is 5. The van der Waals surface area contributed by atoms with Crippen molar-refractivity contribution in [3.63, 3.8) is 0 Å². The minimum atomic E-state index is -1.18. The Bertz CT molecular complexity index is 1580. The quantitative estimate of drug-likeness (QED) is 0.176. The topological polar surface area (TPSA) is 136 Å². The molecule has 10 nitrogen and oxygen atoms in total. The van der Waals surface area contributed by atoms with E-state index in [0.717, 1.165) is 22.3 Å². The molecule has 0 bridgehead atoms. The lowest BCUT2D eigenvalue weighted by Gasteiger charge is -2.39. The average molecular weight is 683 g/mol. The number of carbonyl (C=O) groups excluding carboxylic acids is 4. The molecule has 10 heteroatoms. The van der Waals surface area contributed by atoms with E-state index in [2.05, 4.69) is 10.6 Å². The van der Waals surface area contributed by atoms with Crippen LogP contribution >= 0.6 is 0 Å². The van der Waals surface area contributed by atoms with Gasteiger partial charge in [-0.2, -0.15) is 0 Å². The number of carbonyl (C=O) groups is 5. The Morgan fingerprint density at radius 3 is 1.96 bits per heavy atom. The van der Waals surface area contributed by atoms with Crippen molar-refractivity contribution in [3.8, 4) is 0 Å². The van der Waals surface area contributed by atoms with Gasteiger partial charge in [0.1, 0.15) is 17.9 Å². The molecule has 3 aromatic carbocycles. The molecule has 1 aliphatic rings. The number of carboxylic acid groups (broad SMARTS) is 1. The van der Waals surface area contributed by atoms with E-state index in [1.807, 2.05) is 84.9 Å². The number of Topliss-reactive ketones (excluding diaryl/α,β-unsaturated/α-hetero) is 1. The van der Waals surface area contributed by atoms with E-state index < -0.39 is 23.7 Å². The van der Waals surface area contributed by atoms with Gasteiger partial charge in [-0.3, -0.25) is 19.3 Å². The van der Waals surface area contributed by atoms with Crippen LogP contribution in [0.1, 0.15) is 88.0 Å². The summed E-state index contributed by atoms with van der Waals surface area (Å²) < 4.78 is 0. The van der Waals surface area contributed by atoms with Gasteiger partial charge in [-0.25, -0.2) is 4.79 Å². The number of nitrogens with zero attached hydrogens (tertiary/aromatic N) is 2. The number of benzene rings is 3. The first-order valence-corrected chi connectivity index (χ1v) is 17.4. The van der Waals surface area contributed by atoms with Crippen molar-refractivity contribution < 1.29 is 29.1 Å². The molecule has 0 aromatic heterocycles. The summed E-state index contributed by atoms with van der Waals surface area (Å²) in [6, 6.07) is 25.8. The van der Waals surface area contributed by atoms with Crippen LogP contribution in [0.5, 0.6) is 0 Å². The SMILES string of the molecule is CC(=O)CCC(=O)N1Cc2ccccc2CC1C(=O)NCCCCC(C(=O)NCC(c1ccccc1)c1ccccc1)N(C(=O)O)C(C)(C)C. The van der Waals surface area contributed by atoms with Gasteiger partial charge in [0.15, 0.2) is 0 Å². The van der Waals surface area contributed by atoms with Crippen LogP contribution in [0.25, 0.3) is 0 Å². The molecule has 4 amide bonds. The highest BCUT2D eigenvalue weighted by Crippen LogP contribution is 2.27. The van der Waals surface area contributed by atoms with Gasteiger partial charge < -0.3 is 25.4 Å². The van der Waals surface area contributed by atoms with Crippen LogP contribution in [0.4, 0.5) is 4.79 Å². The van der Waals surface area contributed by atoms with Crippen LogP contribution in [0.3, 0.4) is 0 Å². The largest absolute Gasteiger partial charge is 0.465 e. The van der Waals surface area contributed by atoms with Crippen LogP contribution in [0.15, 0.2) is 84.9 Å². The zero-order valence-electron chi connectivity index (χ0n) is 29.6. The molecule has 0 spiro atoms. The highest BCUT2D eigenvalue weighted by molar-refractivity contribution is 5.90. The third kappa shape index (κ3) is 10.3. The monoisotopic (exact) mass is 682 g/mol. The Balaban J connectivity index is 1.40. The number of hydrogen-bond donors (Lipinski definition) is 3. The first-order valence-electron chi connectivity index (χ1n) is 17.4. The molecule has 266 valence electrons. The fourth-order valence-corrected chi connectivity index (χ4v) is 6.62. The van der Waals surface area contributed by atoms with Crippen LogP contribution in [-0.4, -0.2) is 75.2 Å². The predicted octanol–water partition coefficient (Wildman–Crippen LogP) is 5.69. The highest BCUT2D eigenvalue weighted by atomic mass is 16.4. The number of fused-ring (bicyclic) bond motifs is 1. The van der Waals surface area contributed by atoms with Gasteiger partial charge in [0.2, 0.25) is 17.7 Å². The number of rotatable bonds is 15. The Morgan fingerprint density at radius 1 is 0.820 bits per heavy atom. The van der Waals surface area contributed by atoms with Crippen molar-refractivity contribution in [1.29, 1.82) is 0 Å². The van der Waals surface area contributed by atoms with Crippen molar-refractivity contribution in [1.82, 2.24) is 20.4 Å². The molecule has 1 heterocycles. The molecule has 0 radical (unpaired) electrons. The normalized spacial score (nSPS) is 14.7. The Hall–Kier alpha value is -4.99. The maximum absolute atomic E-state index is 13.8. The zero-order chi connectivity index (χ0) is 36.3. The lowest BCUT2D eigenvalue weighted by Crippen LogP contribution is -2.57. The molecule has 1 aliphatic heterocycles. The first kappa shape index (κ1) is 37.8. The lowest BCUT2D eigenvalue weighted by atomic mass is 9.91. The Kier molecular flexibility index (Phi) is 13.3. The molecular weight excluding hydrogens is 632 g/mol. The van der Waals surface area contributed by atoms with E-state index in [9.17, 15) is 29.1 Å². The first-order chi connectivity index (χ1) is 23.9. The van der Waals surface area contributed by atoms with Gasteiger partial charge in [0.05, 0.1) is 0 Å². The second kappa shape index (κ2) is 17.6. The van der Waals surface area contributed by atoms with Crippen LogP contribution in [0.2, 0.25) is 0 Å². The summed E-state index contributed by atoms with van der Waals surface area (Å²) >= 11 is 0. The molecule has 2 unspecified atom stereocenters. The van der Waals surface area contributed by atoms with Gasteiger partial charge in [-0.15, -0.1) is 0 Å². The van der Waals surface area contributed by atoms with Crippen LogP contribution in [0, 0.1) is 0 Å². The summed E-state index contributed by atoms with van der Waals surface area (Å²) in [6.45, 7) is 7.64. The maximum Gasteiger partial charge on any atom is 0.408 e.